The molecule has 182 valence electrons. The van der Waals surface area contributed by atoms with E-state index in [9.17, 15) is 19.1 Å². The number of amides is 1. The molecule has 0 radical (unpaired) electrons. The van der Waals surface area contributed by atoms with Crippen LogP contribution in [0.2, 0.25) is 0 Å². The number of aromatic nitrogens is 1. The zero-order chi connectivity index (χ0) is 25.4. The summed E-state index contributed by atoms with van der Waals surface area (Å²) < 4.78 is 25.1. The summed E-state index contributed by atoms with van der Waals surface area (Å²) >= 11 is 1.24. The van der Waals surface area contributed by atoms with Crippen molar-refractivity contribution in [3.63, 3.8) is 0 Å². The van der Waals surface area contributed by atoms with Crippen molar-refractivity contribution in [1.29, 1.82) is 0 Å². The minimum absolute atomic E-state index is 0.106. The zero-order valence-corrected chi connectivity index (χ0v) is 20.2. The van der Waals surface area contributed by atoms with Crippen molar-refractivity contribution in [2.45, 2.75) is 13.0 Å². The minimum Gasteiger partial charge on any atom is -0.507 e. The molecule has 36 heavy (non-hydrogen) atoms. The molecule has 1 aromatic heterocycles. The van der Waals surface area contributed by atoms with Crippen LogP contribution in [-0.2, 0) is 9.59 Å². The molecule has 7 nitrogen and oxygen atoms in total. The number of hydrogen-bond acceptors (Lipinski definition) is 7. The highest BCUT2D eigenvalue weighted by atomic mass is 32.1. The number of carbonyl (C=O) groups is 2. The number of thiazole rings is 1. The van der Waals surface area contributed by atoms with E-state index in [0.717, 1.165) is 4.70 Å². The second kappa shape index (κ2) is 9.43. The largest absolute Gasteiger partial charge is 0.507 e. The Labute approximate surface area is 210 Å². The third-order valence-electron chi connectivity index (χ3n) is 5.86. The predicted octanol–water partition coefficient (Wildman–Crippen LogP) is 5.47. The van der Waals surface area contributed by atoms with Gasteiger partial charge in [-0.2, -0.15) is 0 Å². The van der Waals surface area contributed by atoms with Crippen LogP contribution in [-0.4, -0.2) is 35.5 Å². The number of aliphatic hydroxyl groups is 1. The Kier molecular flexibility index (Phi) is 6.15. The van der Waals surface area contributed by atoms with Gasteiger partial charge in [-0.25, -0.2) is 9.37 Å². The Hall–Kier alpha value is -4.24. The van der Waals surface area contributed by atoms with Crippen molar-refractivity contribution in [1.82, 2.24) is 4.98 Å². The van der Waals surface area contributed by atoms with Crippen molar-refractivity contribution < 1.29 is 28.6 Å². The summed E-state index contributed by atoms with van der Waals surface area (Å²) in [5.74, 6) is -1.28. The topological polar surface area (TPSA) is 89.0 Å². The van der Waals surface area contributed by atoms with Crippen molar-refractivity contribution in [3.05, 3.63) is 89.2 Å². The third-order valence-corrected chi connectivity index (χ3v) is 6.88. The van der Waals surface area contributed by atoms with Crippen LogP contribution in [0.15, 0.2) is 72.3 Å². The Bertz CT molecular complexity index is 1500. The van der Waals surface area contributed by atoms with Gasteiger partial charge in [0, 0.05) is 5.56 Å². The lowest BCUT2D eigenvalue weighted by Gasteiger charge is -2.23. The zero-order valence-electron chi connectivity index (χ0n) is 19.4. The summed E-state index contributed by atoms with van der Waals surface area (Å²) in [5, 5.41) is 11.4. The highest BCUT2D eigenvalue weighted by Crippen LogP contribution is 2.44. The molecule has 1 aliphatic heterocycles. The normalized spacial score (nSPS) is 17.1. The van der Waals surface area contributed by atoms with Crippen LogP contribution in [0.3, 0.4) is 0 Å². The molecule has 1 N–H and O–H groups in total. The summed E-state index contributed by atoms with van der Waals surface area (Å²) in [6.45, 7) is 2.39. The van der Waals surface area contributed by atoms with Crippen LogP contribution in [0.5, 0.6) is 11.5 Å². The van der Waals surface area contributed by atoms with Crippen LogP contribution in [0.25, 0.3) is 16.0 Å². The first-order valence-electron chi connectivity index (χ1n) is 11.2. The van der Waals surface area contributed by atoms with Gasteiger partial charge < -0.3 is 14.6 Å². The number of carbonyl (C=O) groups excluding carboxylic acids is 2. The molecule has 0 aliphatic carbocycles. The lowest BCUT2D eigenvalue weighted by Crippen LogP contribution is -2.29. The molecule has 1 amide bonds. The molecule has 0 unspecified atom stereocenters. The second-order valence-corrected chi connectivity index (χ2v) is 9.02. The Morgan fingerprint density at radius 2 is 1.75 bits per heavy atom. The average molecular weight is 505 g/mol. The van der Waals surface area contributed by atoms with E-state index in [0.29, 0.717) is 34.3 Å². The highest BCUT2D eigenvalue weighted by Gasteiger charge is 2.48. The minimum atomic E-state index is -0.951. The van der Waals surface area contributed by atoms with E-state index < -0.39 is 29.3 Å². The first-order chi connectivity index (χ1) is 17.4. The number of rotatable bonds is 6. The molecule has 0 spiro atoms. The van der Waals surface area contributed by atoms with Gasteiger partial charge in [-0.1, -0.05) is 23.5 Å². The number of Topliss-reactive ketones (excluding diaryl/α,β-unsaturated/α-hetero) is 1. The van der Waals surface area contributed by atoms with Crippen LogP contribution in [0.1, 0.15) is 24.1 Å². The standard InChI is InChI=1S/C27H21FN2O5S/c1-3-35-19-12-13-20-21(14-19)36-27(29-20)30-23(15-6-10-18(34-2)11-7-15)22(25(32)26(30)33)24(31)16-4-8-17(28)9-5-16/h4-14,23,31H,3H2,1-2H3/t23-/m0/s1. The first-order valence-corrected chi connectivity index (χ1v) is 12.0. The molecule has 1 fully saturated rings. The van der Waals surface area contributed by atoms with Crippen LogP contribution in [0.4, 0.5) is 9.52 Å². The third kappa shape index (κ3) is 4.07. The number of nitrogens with zero attached hydrogens (tertiary/aromatic N) is 2. The maximum Gasteiger partial charge on any atom is 0.301 e. The number of ketones is 1. The van der Waals surface area contributed by atoms with Gasteiger partial charge in [-0.15, -0.1) is 0 Å². The van der Waals surface area contributed by atoms with Crippen LogP contribution in [0, 0.1) is 5.82 Å². The van der Waals surface area contributed by atoms with Crippen molar-refractivity contribution >= 4 is 44.1 Å². The first kappa shape index (κ1) is 23.5. The molecule has 1 saturated heterocycles. The molecule has 1 aliphatic rings. The van der Waals surface area contributed by atoms with E-state index in [-0.39, 0.29) is 11.1 Å². The molecule has 1 atom stereocenters. The van der Waals surface area contributed by atoms with Gasteiger partial charge in [0.2, 0.25) is 0 Å². The number of methoxy groups -OCH3 is 1. The molecular formula is C27H21FN2O5S. The number of anilines is 1. The molecule has 2 heterocycles. The number of benzene rings is 3. The summed E-state index contributed by atoms with van der Waals surface area (Å²) in [6, 6.07) is 16.4. The van der Waals surface area contributed by atoms with E-state index in [1.807, 2.05) is 13.0 Å². The van der Waals surface area contributed by atoms with E-state index in [4.69, 9.17) is 9.47 Å². The maximum absolute atomic E-state index is 13.5. The second-order valence-electron chi connectivity index (χ2n) is 8.01. The molecule has 0 saturated carbocycles. The SMILES string of the molecule is CCOc1ccc2nc(N3C(=O)C(=O)C(=C(O)c4ccc(F)cc4)[C@@H]3c3ccc(OC)cc3)sc2c1. The average Bonchev–Trinajstić information content (AvgIpc) is 3.42. The van der Waals surface area contributed by atoms with Crippen molar-refractivity contribution in [2.75, 3.05) is 18.6 Å². The van der Waals surface area contributed by atoms with Gasteiger partial charge in [-0.3, -0.25) is 14.5 Å². The molecular weight excluding hydrogens is 483 g/mol. The Morgan fingerprint density at radius 1 is 1.06 bits per heavy atom. The van der Waals surface area contributed by atoms with Gasteiger partial charge in [0.15, 0.2) is 5.13 Å². The van der Waals surface area contributed by atoms with Crippen LogP contribution >= 0.6 is 11.3 Å². The molecule has 0 bridgehead atoms. The van der Waals surface area contributed by atoms with Gasteiger partial charge in [0.25, 0.3) is 5.78 Å². The predicted molar refractivity (Wildman–Crippen MR) is 135 cm³/mol. The molecule has 3 aromatic carbocycles. The summed E-state index contributed by atoms with van der Waals surface area (Å²) in [5.41, 5.74) is 1.34. The van der Waals surface area contributed by atoms with E-state index in [1.165, 1.54) is 47.6 Å². The van der Waals surface area contributed by atoms with E-state index in [1.54, 1.807) is 36.4 Å². The number of fused-ring (bicyclic) bond motifs is 1. The van der Waals surface area contributed by atoms with Crippen molar-refractivity contribution in [3.8, 4) is 11.5 Å². The van der Waals surface area contributed by atoms with Crippen LogP contribution < -0.4 is 14.4 Å². The Morgan fingerprint density at radius 3 is 2.42 bits per heavy atom. The highest BCUT2D eigenvalue weighted by molar-refractivity contribution is 7.22. The summed E-state index contributed by atoms with van der Waals surface area (Å²) in [4.78, 5) is 32.5. The fourth-order valence-electron chi connectivity index (χ4n) is 4.15. The molecule has 9 heteroatoms. The van der Waals surface area contributed by atoms with E-state index in [2.05, 4.69) is 4.98 Å². The lowest BCUT2D eigenvalue weighted by atomic mass is 9.95. The van der Waals surface area contributed by atoms with Gasteiger partial charge >= 0.3 is 5.91 Å². The number of hydrogen-bond donors (Lipinski definition) is 1. The summed E-state index contributed by atoms with van der Waals surface area (Å²) in [6.07, 6.45) is 0. The number of ether oxygens (including phenoxy) is 2. The van der Waals surface area contributed by atoms with Gasteiger partial charge in [0.1, 0.15) is 23.1 Å². The Balaban J connectivity index is 1.68. The summed E-state index contributed by atoms with van der Waals surface area (Å²) in [7, 11) is 1.53. The van der Waals surface area contributed by atoms with Gasteiger partial charge in [-0.05, 0) is 67.1 Å². The fourth-order valence-corrected chi connectivity index (χ4v) is 5.17. The maximum atomic E-state index is 13.5. The van der Waals surface area contributed by atoms with E-state index >= 15 is 0 Å². The fraction of sp³-hybridized carbons (Fsp3) is 0.148. The number of aliphatic hydroxyl groups excluding tert-OH is 1. The number of halogens is 1. The molecule has 4 aromatic rings. The lowest BCUT2D eigenvalue weighted by molar-refractivity contribution is -0.132. The smallest absolute Gasteiger partial charge is 0.301 e. The van der Waals surface area contributed by atoms with Gasteiger partial charge in [0.05, 0.1) is 35.5 Å². The monoisotopic (exact) mass is 504 g/mol. The quantitative estimate of drug-likeness (QED) is 0.213. The van der Waals surface area contributed by atoms with Crippen molar-refractivity contribution in [2.24, 2.45) is 0 Å². The molecule has 5 rings (SSSR count).